The molecule has 0 amide bonds. The van der Waals surface area contributed by atoms with Gasteiger partial charge in [0, 0.05) is 5.41 Å². The second kappa shape index (κ2) is 3.85. The molecule has 0 radical (unpaired) electrons. The second-order valence-corrected chi connectivity index (χ2v) is 5.19. The van der Waals surface area contributed by atoms with E-state index in [-0.39, 0.29) is 23.2 Å². The zero-order valence-electron chi connectivity index (χ0n) is 10.3. The largest absolute Gasteiger partial charge is 0.392 e. The maximum absolute atomic E-state index is 11.9. The van der Waals surface area contributed by atoms with Gasteiger partial charge in [0.2, 0.25) is 0 Å². The normalized spacial score (nSPS) is 41.9. The summed E-state index contributed by atoms with van der Waals surface area (Å²) in [4.78, 5) is 11.9. The summed E-state index contributed by atoms with van der Waals surface area (Å²) >= 11 is 0. The quantitative estimate of drug-likeness (QED) is 0.637. The molecule has 88 valence electrons. The van der Waals surface area contributed by atoms with Gasteiger partial charge in [-0.1, -0.05) is 25.5 Å². The van der Waals surface area contributed by atoms with Crippen LogP contribution < -0.4 is 0 Å². The average Bonchev–Trinajstić information content (AvgIpc) is 2.24. The number of rotatable bonds is 0. The summed E-state index contributed by atoms with van der Waals surface area (Å²) in [5, 5.41) is 10.3. The van der Waals surface area contributed by atoms with E-state index < -0.39 is 0 Å². The predicted molar refractivity (Wildman–Crippen MR) is 64.0 cm³/mol. The van der Waals surface area contributed by atoms with Crippen molar-refractivity contribution in [1.29, 1.82) is 0 Å². The molecule has 3 atom stereocenters. The summed E-state index contributed by atoms with van der Waals surface area (Å²) < 4.78 is 0. The maximum atomic E-state index is 11.9. The lowest BCUT2D eigenvalue weighted by atomic mass is 9.58. The van der Waals surface area contributed by atoms with Gasteiger partial charge in [-0.2, -0.15) is 0 Å². The van der Waals surface area contributed by atoms with E-state index in [1.807, 2.05) is 13.0 Å². The van der Waals surface area contributed by atoms with E-state index in [4.69, 9.17) is 0 Å². The molecule has 0 aromatic carbocycles. The molecule has 0 bridgehead atoms. The van der Waals surface area contributed by atoms with Crippen molar-refractivity contribution in [3.8, 4) is 0 Å². The van der Waals surface area contributed by atoms with Crippen molar-refractivity contribution in [2.24, 2.45) is 11.3 Å². The first-order valence-corrected chi connectivity index (χ1v) is 6.11. The van der Waals surface area contributed by atoms with Crippen LogP contribution in [0.1, 0.15) is 40.0 Å². The van der Waals surface area contributed by atoms with Crippen molar-refractivity contribution in [1.82, 2.24) is 0 Å². The highest BCUT2D eigenvalue weighted by Gasteiger charge is 2.48. The summed E-state index contributed by atoms with van der Waals surface area (Å²) in [6.07, 6.45) is 6.15. The fraction of sp³-hybridized carbons (Fsp3) is 0.643. The third-order valence-electron chi connectivity index (χ3n) is 4.57. The Labute approximate surface area is 97.0 Å². The summed E-state index contributed by atoms with van der Waals surface area (Å²) in [5.74, 6) is 0.261. The molecule has 1 fully saturated rings. The Morgan fingerprint density at radius 2 is 2.25 bits per heavy atom. The summed E-state index contributed by atoms with van der Waals surface area (Å²) in [6.45, 7) is 6.07. The number of aliphatic hydroxyl groups excluding tert-OH is 1. The fourth-order valence-electron chi connectivity index (χ4n) is 3.23. The van der Waals surface area contributed by atoms with Gasteiger partial charge in [-0.25, -0.2) is 0 Å². The van der Waals surface area contributed by atoms with Crippen LogP contribution in [0, 0.1) is 11.3 Å². The molecule has 0 spiro atoms. The molecule has 1 N–H and O–H groups in total. The van der Waals surface area contributed by atoms with Crippen LogP contribution in [-0.2, 0) is 4.79 Å². The maximum Gasteiger partial charge on any atom is 0.181 e. The molecule has 0 unspecified atom stereocenters. The number of fused-ring (bicyclic) bond motifs is 1. The number of carbonyl (C=O) groups is 1. The van der Waals surface area contributed by atoms with Crippen molar-refractivity contribution in [3.05, 3.63) is 23.3 Å². The number of hydrogen-bond donors (Lipinski definition) is 1. The van der Waals surface area contributed by atoms with Crippen molar-refractivity contribution >= 4 is 5.78 Å². The Kier molecular flexibility index (Phi) is 2.79. The van der Waals surface area contributed by atoms with E-state index in [0.717, 1.165) is 30.4 Å². The third kappa shape index (κ3) is 1.40. The van der Waals surface area contributed by atoms with E-state index in [2.05, 4.69) is 13.8 Å². The van der Waals surface area contributed by atoms with Gasteiger partial charge >= 0.3 is 0 Å². The number of allylic oxidation sites excluding steroid dienone is 3. The molecule has 2 aliphatic carbocycles. The molecule has 0 aromatic heterocycles. The first kappa shape index (κ1) is 11.6. The zero-order valence-corrected chi connectivity index (χ0v) is 10.3. The third-order valence-corrected chi connectivity index (χ3v) is 4.57. The molecule has 1 saturated carbocycles. The Bertz CT molecular complexity index is 378. The minimum Gasteiger partial charge on any atom is -0.392 e. The first-order chi connectivity index (χ1) is 7.51. The van der Waals surface area contributed by atoms with Crippen LogP contribution in [0.5, 0.6) is 0 Å². The number of carbonyl (C=O) groups excluding carboxylic acids is 1. The van der Waals surface area contributed by atoms with Crippen molar-refractivity contribution in [3.63, 3.8) is 0 Å². The summed E-state index contributed by atoms with van der Waals surface area (Å²) in [7, 11) is 0. The molecule has 0 saturated heterocycles. The van der Waals surface area contributed by atoms with E-state index in [0.29, 0.717) is 0 Å². The molecular weight excluding hydrogens is 200 g/mol. The molecular formula is C14H20O2. The second-order valence-electron chi connectivity index (χ2n) is 5.19. The number of ketones is 1. The van der Waals surface area contributed by atoms with Crippen molar-refractivity contribution < 1.29 is 9.90 Å². The minimum atomic E-state index is -0.314. The molecule has 0 aromatic rings. The first-order valence-electron chi connectivity index (χ1n) is 6.11. The highest BCUT2D eigenvalue weighted by Crippen LogP contribution is 2.51. The number of aliphatic hydroxyl groups is 1. The van der Waals surface area contributed by atoms with Crippen LogP contribution in [0.3, 0.4) is 0 Å². The van der Waals surface area contributed by atoms with Crippen LogP contribution in [0.15, 0.2) is 23.3 Å². The van der Waals surface area contributed by atoms with Gasteiger partial charge in [0.25, 0.3) is 0 Å². The van der Waals surface area contributed by atoms with Crippen LogP contribution in [0.2, 0.25) is 0 Å². The van der Waals surface area contributed by atoms with Crippen molar-refractivity contribution in [2.75, 3.05) is 0 Å². The van der Waals surface area contributed by atoms with E-state index >= 15 is 0 Å². The Morgan fingerprint density at radius 3 is 2.88 bits per heavy atom. The standard InChI is InChI=1S/C14H20O2/c1-4-11-9(2)14(3)10(8-12(11)15)6-5-7-13(14)16/h4,8-9,13,16H,5-7H2,1-3H3/b11-4+/t9-,13-,14-/m0/s1. The zero-order chi connectivity index (χ0) is 11.9. The van der Waals surface area contributed by atoms with Gasteiger partial charge in [0.1, 0.15) is 0 Å². The highest BCUT2D eigenvalue weighted by atomic mass is 16.3. The van der Waals surface area contributed by atoms with E-state index in [9.17, 15) is 9.90 Å². The van der Waals surface area contributed by atoms with Gasteiger partial charge in [-0.05, 0) is 43.8 Å². The van der Waals surface area contributed by atoms with E-state index in [1.54, 1.807) is 6.08 Å². The molecule has 2 aliphatic rings. The molecule has 2 rings (SSSR count). The smallest absolute Gasteiger partial charge is 0.181 e. The van der Waals surface area contributed by atoms with Gasteiger partial charge in [-0.3, -0.25) is 4.79 Å². The minimum absolute atomic E-state index is 0.125. The van der Waals surface area contributed by atoms with Gasteiger partial charge in [-0.15, -0.1) is 0 Å². The topological polar surface area (TPSA) is 37.3 Å². The van der Waals surface area contributed by atoms with Crippen LogP contribution in [-0.4, -0.2) is 17.0 Å². The lowest BCUT2D eigenvalue weighted by Crippen LogP contribution is -2.46. The lowest BCUT2D eigenvalue weighted by molar-refractivity contribution is -0.113. The molecule has 2 heteroatoms. The summed E-state index contributed by atoms with van der Waals surface area (Å²) in [5.41, 5.74) is 1.77. The Balaban J connectivity index is 2.53. The monoisotopic (exact) mass is 220 g/mol. The van der Waals surface area contributed by atoms with Crippen molar-refractivity contribution in [2.45, 2.75) is 46.1 Å². The molecule has 2 nitrogen and oxygen atoms in total. The lowest BCUT2D eigenvalue weighted by Gasteiger charge is -2.48. The molecule has 0 heterocycles. The van der Waals surface area contributed by atoms with Gasteiger partial charge in [0.05, 0.1) is 6.10 Å². The number of hydrogen-bond acceptors (Lipinski definition) is 2. The Hall–Kier alpha value is -0.890. The summed E-state index contributed by atoms with van der Waals surface area (Å²) in [6, 6.07) is 0. The molecule has 0 aliphatic heterocycles. The average molecular weight is 220 g/mol. The van der Waals surface area contributed by atoms with Crippen LogP contribution >= 0.6 is 0 Å². The van der Waals surface area contributed by atoms with Gasteiger partial charge in [0.15, 0.2) is 5.78 Å². The predicted octanol–water partition coefficient (Wildman–Crippen LogP) is 2.63. The highest BCUT2D eigenvalue weighted by molar-refractivity contribution is 6.06. The van der Waals surface area contributed by atoms with E-state index in [1.165, 1.54) is 0 Å². The van der Waals surface area contributed by atoms with Crippen LogP contribution in [0.25, 0.3) is 0 Å². The fourth-order valence-corrected chi connectivity index (χ4v) is 3.23. The van der Waals surface area contributed by atoms with Crippen LogP contribution in [0.4, 0.5) is 0 Å². The SMILES string of the molecule is C/C=C1/C(=O)C=C2CCC[C@H](O)[C@@]2(C)[C@H]1C. The Morgan fingerprint density at radius 1 is 1.56 bits per heavy atom. The molecule has 16 heavy (non-hydrogen) atoms. The van der Waals surface area contributed by atoms with Gasteiger partial charge < -0.3 is 5.11 Å².